The predicted molar refractivity (Wildman–Crippen MR) is 73.7 cm³/mol. The molecule has 1 unspecified atom stereocenters. The van der Waals surface area contributed by atoms with Gasteiger partial charge in [-0.3, -0.25) is 19.8 Å². The van der Waals surface area contributed by atoms with Gasteiger partial charge < -0.3 is 5.11 Å². The fraction of sp³-hybridized carbons (Fsp3) is 0.462. The topological polar surface area (TPSA) is 83.7 Å². The highest BCUT2D eigenvalue weighted by atomic mass is 35.5. The van der Waals surface area contributed by atoms with Crippen molar-refractivity contribution >= 4 is 23.3 Å². The molecular weight excluding hydrogens is 284 g/mol. The summed E-state index contributed by atoms with van der Waals surface area (Å²) in [6, 6.07) is 4.44. The Balaban J connectivity index is 2.15. The molecule has 1 aliphatic rings. The number of likely N-dealkylation sites (tertiary alicyclic amines) is 1. The van der Waals surface area contributed by atoms with Gasteiger partial charge >= 0.3 is 5.97 Å². The number of carboxylic acid groups (broad SMARTS) is 1. The summed E-state index contributed by atoms with van der Waals surface area (Å²) in [6.07, 6.45) is 1.44. The Kier molecular flexibility index (Phi) is 4.57. The molecule has 1 fully saturated rings. The maximum atomic E-state index is 11.0. The molecule has 108 valence electrons. The lowest BCUT2D eigenvalue weighted by Crippen LogP contribution is -2.38. The van der Waals surface area contributed by atoms with Crippen LogP contribution in [0.3, 0.4) is 0 Å². The van der Waals surface area contributed by atoms with Gasteiger partial charge in [0.15, 0.2) is 0 Å². The summed E-state index contributed by atoms with van der Waals surface area (Å²) in [5.74, 6) is -1.21. The molecule has 7 heteroatoms. The Morgan fingerprint density at radius 2 is 2.30 bits per heavy atom. The number of hydrogen-bond donors (Lipinski definition) is 1. The van der Waals surface area contributed by atoms with E-state index >= 15 is 0 Å². The Bertz CT molecular complexity index is 535. The molecule has 1 aromatic carbocycles. The molecular formula is C13H15ClN2O4. The minimum Gasteiger partial charge on any atom is -0.481 e. The fourth-order valence-corrected chi connectivity index (χ4v) is 2.70. The summed E-state index contributed by atoms with van der Waals surface area (Å²) in [7, 11) is 0. The second-order valence-corrected chi connectivity index (χ2v) is 5.38. The second-order valence-electron chi connectivity index (χ2n) is 4.94. The van der Waals surface area contributed by atoms with Crippen LogP contribution in [0.2, 0.25) is 5.02 Å². The molecule has 1 saturated heterocycles. The van der Waals surface area contributed by atoms with Gasteiger partial charge in [0.1, 0.15) is 0 Å². The maximum absolute atomic E-state index is 11.0. The van der Waals surface area contributed by atoms with E-state index < -0.39 is 16.8 Å². The number of carboxylic acids is 1. The van der Waals surface area contributed by atoms with Gasteiger partial charge in [-0.15, -0.1) is 0 Å². The zero-order valence-electron chi connectivity index (χ0n) is 10.8. The van der Waals surface area contributed by atoms with Crippen molar-refractivity contribution in [1.29, 1.82) is 0 Å². The molecule has 0 bridgehead atoms. The number of nitrogens with zero attached hydrogens (tertiary/aromatic N) is 2. The van der Waals surface area contributed by atoms with E-state index in [1.807, 2.05) is 4.90 Å². The monoisotopic (exact) mass is 298 g/mol. The number of rotatable bonds is 4. The Labute approximate surface area is 121 Å². The van der Waals surface area contributed by atoms with Crippen LogP contribution in [-0.4, -0.2) is 34.0 Å². The first-order valence-corrected chi connectivity index (χ1v) is 6.73. The second kappa shape index (κ2) is 6.19. The molecule has 0 radical (unpaired) electrons. The van der Waals surface area contributed by atoms with E-state index in [0.29, 0.717) is 30.1 Å². The van der Waals surface area contributed by atoms with Crippen molar-refractivity contribution in [2.45, 2.75) is 19.4 Å². The Hall–Kier alpha value is -1.66. The van der Waals surface area contributed by atoms with E-state index in [-0.39, 0.29) is 5.69 Å². The lowest BCUT2D eigenvalue weighted by atomic mass is 9.98. The molecule has 0 aromatic heterocycles. The Morgan fingerprint density at radius 3 is 2.95 bits per heavy atom. The standard InChI is InChI=1S/C13H15ClN2O4/c14-11-3-4-12(16(19)20)10(6-11)8-15-5-1-2-9(7-15)13(17)18/h3-4,6,9H,1-2,5,7-8H2,(H,17,18). The number of hydrogen-bond acceptors (Lipinski definition) is 4. The third-order valence-corrected chi connectivity index (χ3v) is 3.72. The van der Waals surface area contributed by atoms with Gasteiger partial charge in [-0.1, -0.05) is 11.6 Å². The zero-order chi connectivity index (χ0) is 14.7. The molecule has 20 heavy (non-hydrogen) atoms. The van der Waals surface area contributed by atoms with Crippen LogP contribution in [-0.2, 0) is 11.3 Å². The first-order chi connectivity index (χ1) is 9.47. The van der Waals surface area contributed by atoms with Crippen molar-refractivity contribution in [2.24, 2.45) is 5.92 Å². The van der Waals surface area contributed by atoms with Crippen LogP contribution in [0.1, 0.15) is 18.4 Å². The van der Waals surface area contributed by atoms with Crippen molar-refractivity contribution in [1.82, 2.24) is 4.90 Å². The quantitative estimate of drug-likeness (QED) is 0.682. The molecule has 1 N–H and O–H groups in total. The molecule has 1 aliphatic heterocycles. The Morgan fingerprint density at radius 1 is 1.55 bits per heavy atom. The maximum Gasteiger partial charge on any atom is 0.307 e. The number of piperidine rings is 1. The van der Waals surface area contributed by atoms with Crippen LogP contribution in [0.5, 0.6) is 0 Å². The molecule has 1 heterocycles. The molecule has 0 aliphatic carbocycles. The first kappa shape index (κ1) is 14.7. The lowest BCUT2D eigenvalue weighted by molar-refractivity contribution is -0.385. The van der Waals surface area contributed by atoms with E-state index in [4.69, 9.17) is 16.7 Å². The van der Waals surface area contributed by atoms with Gasteiger partial charge in [0.05, 0.1) is 10.8 Å². The van der Waals surface area contributed by atoms with Gasteiger partial charge in [-0.25, -0.2) is 0 Å². The molecule has 0 saturated carbocycles. The van der Waals surface area contributed by atoms with Crippen LogP contribution in [0.15, 0.2) is 18.2 Å². The predicted octanol–water partition coefficient (Wildman–Crippen LogP) is 2.54. The normalized spacial score (nSPS) is 19.8. The highest BCUT2D eigenvalue weighted by molar-refractivity contribution is 6.30. The van der Waals surface area contributed by atoms with Crippen molar-refractivity contribution in [3.63, 3.8) is 0 Å². The number of nitro benzene ring substituents is 1. The number of aliphatic carboxylic acids is 1. The average molecular weight is 299 g/mol. The summed E-state index contributed by atoms with van der Waals surface area (Å²) in [5.41, 5.74) is 0.542. The number of nitro groups is 1. The molecule has 1 aromatic rings. The van der Waals surface area contributed by atoms with Crippen molar-refractivity contribution in [3.05, 3.63) is 38.9 Å². The zero-order valence-corrected chi connectivity index (χ0v) is 11.5. The smallest absolute Gasteiger partial charge is 0.307 e. The van der Waals surface area contributed by atoms with Gasteiger partial charge in [-0.05, 0) is 31.5 Å². The molecule has 0 amide bonds. The summed E-state index contributed by atoms with van der Waals surface area (Å²) in [5, 5.41) is 20.5. The summed E-state index contributed by atoms with van der Waals surface area (Å²) in [6.45, 7) is 1.51. The van der Waals surface area contributed by atoms with Crippen molar-refractivity contribution in [2.75, 3.05) is 13.1 Å². The van der Waals surface area contributed by atoms with Gasteiger partial charge in [0.25, 0.3) is 5.69 Å². The fourth-order valence-electron chi connectivity index (χ4n) is 2.50. The first-order valence-electron chi connectivity index (χ1n) is 6.35. The number of halogens is 1. The van der Waals surface area contributed by atoms with E-state index in [1.165, 1.54) is 12.1 Å². The molecule has 0 spiro atoms. The highest BCUT2D eigenvalue weighted by Gasteiger charge is 2.26. The number of carbonyl (C=O) groups is 1. The summed E-state index contributed by atoms with van der Waals surface area (Å²) in [4.78, 5) is 23.5. The van der Waals surface area contributed by atoms with Crippen molar-refractivity contribution in [3.8, 4) is 0 Å². The minimum atomic E-state index is -0.810. The average Bonchev–Trinajstić information content (AvgIpc) is 2.38. The molecule has 2 rings (SSSR count). The van der Waals surface area contributed by atoms with E-state index in [0.717, 1.165) is 13.0 Å². The highest BCUT2D eigenvalue weighted by Crippen LogP contribution is 2.26. The van der Waals surface area contributed by atoms with Gasteiger partial charge in [0, 0.05) is 29.7 Å². The van der Waals surface area contributed by atoms with E-state index in [9.17, 15) is 14.9 Å². The van der Waals surface area contributed by atoms with Gasteiger partial charge in [0.2, 0.25) is 0 Å². The minimum absolute atomic E-state index is 0.0202. The molecule has 1 atom stereocenters. The number of benzene rings is 1. The van der Waals surface area contributed by atoms with Crippen LogP contribution < -0.4 is 0 Å². The van der Waals surface area contributed by atoms with Gasteiger partial charge in [-0.2, -0.15) is 0 Å². The SMILES string of the molecule is O=C(O)C1CCCN(Cc2cc(Cl)ccc2[N+](=O)[O-])C1. The summed E-state index contributed by atoms with van der Waals surface area (Å²) < 4.78 is 0. The van der Waals surface area contributed by atoms with Crippen molar-refractivity contribution < 1.29 is 14.8 Å². The lowest BCUT2D eigenvalue weighted by Gasteiger charge is -2.30. The van der Waals surface area contributed by atoms with Crippen LogP contribution in [0.25, 0.3) is 0 Å². The van der Waals surface area contributed by atoms with Crippen LogP contribution in [0.4, 0.5) is 5.69 Å². The third kappa shape index (κ3) is 3.46. The van der Waals surface area contributed by atoms with E-state index in [2.05, 4.69) is 0 Å². The molecule has 6 nitrogen and oxygen atoms in total. The van der Waals surface area contributed by atoms with E-state index in [1.54, 1.807) is 6.07 Å². The van der Waals surface area contributed by atoms with Crippen LogP contribution >= 0.6 is 11.6 Å². The summed E-state index contributed by atoms with van der Waals surface area (Å²) >= 11 is 5.88. The van der Waals surface area contributed by atoms with Crippen LogP contribution in [0, 0.1) is 16.0 Å². The largest absolute Gasteiger partial charge is 0.481 e. The third-order valence-electron chi connectivity index (χ3n) is 3.49.